The van der Waals surface area contributed by atoms with Gasteiger partial charge in [0.25, 0.3) is 0 Å². The molecular formula is C20H24O6. The van der Waals surface area contributed by atoms with Crippen LogP contribution < -0.4 is 0 Å². The van der Waals surface area contributed by atoms with E-state index in [0.29, 0.717) is 24.2 Å². The molecule has 0 aromatic heterocycles. The third-order valence-electron chi connectivity index (χ3n) is 5.51. The highest BCUT2D eigenvalue weighted by molar-refractivity contribution is 6.00. The van der Waals surface area contributed by atoms with Crippen LogP contribution in [0.4, 0.5) is 0 Å². The Morgan fingerprint density at radius 1 is 1.42 bits per heavy atom. The van der Waals surface area contributed by atoms with Crippen LogP contribution in [0.15, 0.2) is 36.1 Å². The molecule has 5 atom stereocenters. The van der Waals surface area contributed by atoms with Gasteiger partial charge in [0.1, 0.15) is 18.0 Å². The van der Waals surface area contributed by atoms with E-state index in [1.807, 2.05) is 6.92 Å². The molecule has 3 rings (SSSR count). The molecule has 0 aliphatic carbocycles. The van der Waals surface area contributed by atoms with Gasteiger partial charge in [0.05, 0.1) is 11.8 Å². The average molecular weight is 360 g/mol. The molecule has 2 fully saturated rings. The molecule has 3 aliphatic heterocycles. The third kappa shape index (κ3) is 2.97. The molecule has 0 amide bonds. The van der Waals surface area contributed by atoms with Crippen LogP contribution in [0.1, 0.15) is 40.0 Å². The van der Waals surface area contributed by atoms with E-state index >= 15 is 0 Å². The van der Waals surface area contributed by atoms with Crippen molar-refractivity contribution in [3.63, 3.8) is 0 Å². The normalized spacial score (nSPS) is 34.7. The molecule has 0 saturated carbocycles. The fraction of sp³-hybridized carbons (Fsp3) is 0.550. The number of carbonyl (C=O) groups excluding carboxylic acids is 3. The smallest absolute Gasteiger partial charge is 0.334 e. The first-order valence-electron chi connectivity index (χ1n) is 8.90. The molecule has 6 nitrogen and oxygen atoms in total. The maximum absolute atomic E-state index is 12.5. The fourth-order valence-corrected chi connectivity index (χ4v) is 3.59. The van der Waals surface area contributed by atoms with Crippen LogP contribution in [0.25, 0.3) is 0 Å². The van der Waals surface area contributed by atoms with Gasteiger partial charge in [0.2, 0.25) is 5.78 Å². The second-order valence-corrected chi connectivity index (χ2v) is 7.50. The van der Waals surface area contributed by atoms with Gasteiger partial charge in [-0.25, -0.2) is 4.79 Å². The lowest BCUT2D eigenvalue weighted by Crippen LogP contribution is -2.43. The van der Waals surface area contributed by atoms with Crippen molar-refractivity contribution in [2.45, 2.75) is 57.8 Å². The number of rotatable bonds is 3. The molecule has 0 aromatic rings. The zero-order valence-corrected chi connectivity index (χ0v) is 15.4. The summed E-state index contributed by atoms with van der Waals surface area (Å²) in [6.45, 7) is 13.1. The van der Waals surface area contributed by atoms with Crippen LogP contribution in [0.2, 0.25) is 0 Å². The Hall–Kier alpha value is -2.37. The van der Waals surface area contributed by atoms with E-state index in [4.69, 9.17) is 14.2 Å². The molecule has 3 aliphatic rings. The van der Waals surface area contributed by atoms with E-state index in [1.165, 1.54) is 6.08 Å². The van der Waals surface area contributed by atoms with Crippen LogP contribution >= 0.6 is 0 Å². The first-order valence-corrected chi connectivity index (χ1v) is 8.90. The number of esters is 2. The van der Waals surface area contributed by atoms with Crippen molar-refractivity contribution < 1.29 is 28.6 Å². The summed E-state index contributed by atoms with van der Waals surface area (Å²) >= 11 is 0. The maximum atomic E-state index is 12.5. The van der Waals surface area contributed by atoms with Gasteiger partial charge in [-0.2, -0.15) is 0 Å². The zero-order chi connectivity index (χ0) is 19.2. The topological polar surface area (TPSA) is 78.9 Å². The number of allylic oxidation sites excluding steroid dienone is 1. The Balaban J connectivity index is 1.99. The molecule has 2 saturated heterocycles. The molecule has 0 N–H and O–H groups in total. The number of hydrogen-bond donors (Lipinski definition) is 0. The lowest BCUT2D eigenvalue weighted by atomic mass is 9.81. The second-order valence-electron chi connectivity index (χ2n) is 7.50. The number of carbonyl (C=O) groups is 3. The molecule has 6 heteroatoms. The van der Waals surface area contributed by atoms with Crippen LogP contribution in [-0.2, 0) is 28.6 Å². The van der Waals surface area contributed by atoms with Gasteiger partial charge in [-0.1, -0.05) is 27.0 Å². The van der Waals surface area contributed by atoms with Crippen molar-refractivity contribution in [1.29, 1.82) is 0 Å². The van der Waals surface area contributed by atoms with Gasteiger partial charge >= 0.3 is 11.9 Å². The minimum atomic E-state index is -1.17. The van der Waals surface area contributed by atoms with Crippen LogP contribution in [0.5, 0.6) is 0 Å². The summed E-state index contributed by atoms with van der Waals surface area (Å²) in [5, 5.41) is 0. The molecule has 2 bridgehead atoms. The Labute approximate surface area is 152 Å². The van der Waals surface area contributed by atoms with Gasteiger partial charge in [0, 0.05) is 24.5 Å². The van der Waals surface area contributed by atoms with E-state index < -0.39 is 29.7 Å². The second kappa shape index (κ2) is 6.41. The SMILES string of the molecule is C=C1CC2OC(=O)C(=C)C2C(OC(=O)C(C)CC)CC2(C)OC1=CC2=O. The molecule has 0 radical (unpaired) electrons. The predicted molar refractivity (Wildman–Crippen MR) is 92.8 cm³/mol. The zero-order valence-electron chi connectivity index (χ0n) is 15.4. The largest absolute Gasteiger partial charge is 0.479 e. The summed E-state index contributed by atoms with van der Waals surface area (Å²) < 4.78 is 17.1. The molecule has 26 heavy (non-hydrogen) atoms. The molecule has 140 valence electrons. The minimum absolute atomic E-state index is 0.123. The first-order chi connectivity index (χ1) is 12.2. The quantitative estimate of drug-likeness (QED) is 0.569. The highest BCUT2D eigenvalue weighted by atomic mass is 16.6. The minimum Gasteiger partial charge on any atom is -0.479 e. The summed E-state index contributed by atoms with van der Waals surface area (Å²) in [6.07, 6.45) is 1.18. The number of ketones is 1. The van der Waals surface area contributed by atoms with Crippen LogP contribution in [0, 0.1) is 11.8 Å². The highest BCUT2D eigenvalue weighted by Crippen LogP contribution is 2.44. The van der Waals surface area contributed by atoms with Crippen molar-refractivity contribution in [2.75, 3.05) is 0 Å². The van der Waals surface area contributed by atoms with Crippen molar-refractivity contribution in [3.05, 3.63) is 36.1 Å². The summed E-state index contributed by atoms with van der Waals surface area (Å²) in [7, 11) is 0. The van der Waals surface area contributed by atoms with E-state index in [9.17, 15) is 14.4 Å². The standard InChI is InChI=1S/C20H24O6/c1-6-10(2)18(22)25-15-9-20(5)16(21)8-13(26-20)11(3)7-14-17(15)12(4)19(23)24-14/h8,10,14-15,17H,3-4,6-7,9H2,1-2,5H3. The molecule has 5 unspecified atom stereocenters. The Bertz CT molecular complexity index is 733. The van der Waals surface area contributed by atoms with E-state index in [0.717, 1.165) is 0 Å². The number of hydrogen-bond acceptors (Lipinski definition) is 6. The molecule has 0 aromatic carbocycles. The lowest BCUT2D eigenvalue weighted by molar-refractivity contribution is -0.162. The number of fused-ring (bicyclic) bond motifs is 3. The predicted octanol–water partition coefficient (Wildman–Crippen LogP) is 2.63. The van der Waals surface area contributed by atoms with Crippen molar-refractivity contribution in [3.8, 4) is 0 Å². The lowest BCUT2D eigenvalue weighted by Gasteiger charge is -2.32. The molecular weight excluding hydrogens is 336 g/mol. The van der Waals surface area contributed by atoms with E-state index in [-0.39, 0.29) is 29.7 Å². The summed E-state index contributed by atoms with van der Waals surface area (Å²) in [5.41, 5.74) is -0.333. The van der Waals surface area contributed by atoms with E-state index in [1.54, 1.807) is 13.8 Å². The fourth-order valence-electron chi connectivity index (χ4n) is 3.59. The van der Waals surface area contributed by atoms with Gasteiger partial charge in [-0.3, -0.25) is 9.59 Å². The van der Waals surface area contributed by atoms with E-state index in [2.05, 4.69) is 13.2 Å². The summed E-state index contributed by atoms with van der Waals surface area (Å²) in [5.74, 6) is -1.49. The van der Waals surface area contributed by atoms with Crippen molar-refractivity contribution in [2.24, 2.45) is 11.8 Å². The maximum Gasteiger partial charge on any atom is 0.334 e. The van der Waals surface area contributed by atoms with Gasteiger partial charge in [0.15, 0.2) is 5.60 Å². The summed E-state index contributed by atoms with van der Waals surface area (Å²) in [4.78, 5) is 37.0. The number of ether oxygens (including phenoxy) is 3. The summed E-state index contributed by atoms with van der Waals surface area (Å²) in [6, 6.07) is 0. The van der Waals surface area contributed by atoms with Crippen molar-refractivity contribution >= 4 is 17.7 Å². The molecule has 3 heterocycles. The highest BCUT2D eigenvalue weighted by Gasteiger charge is 2.52. The third-order valence-corrected chi connectivity index (χ3v) is 5.51. The van der Waals surface area contributed by atoms with Gasteiger partial charge < -0.3 is 14.2 Å². The Kier molecular flexibility index (Phi) is 4.54. The first kappa shape index (κ1) is 18.4. The van der Waals surface area contributed by atoms with Crippen LogP contribution in [-0.4, -0.2) is 35.5 Å². The Morgan fingerprint density at radius 2 is 2.12 bits per heavy atom. The monoisotopic (exact) mass is 360 g/mol. The van der Waals surface area contributed by atoms with Crippen molar-refractivity contribution in [1.82, 2.24) is 0 Å². The van der Waals surface area contributed by atoms with Gasteiger partial charge in [-0.05, 0) is 18.9 Å². The average Bonchev–Trinajstić information content (AvgIpc) is 3.03. The molecule has 0 spiro atoms. The van der Waals surface area contributed by atoms with Gasteiger partial charge in [-0.15, -0.1) is 0 Å². The Morgan fingerprint density at radius 3 is 2.77 bits per heavy atom. The van der Waals surface area contributed by atoms with Crippen LogP contribution in [0.3, 0.4) is 0 Å².